The molecule has 13 heavy (non-hydrogen) atoms. The van der Waals surface area contributed by atoms with Crippen molar-refractivity contribution in [2.45, 2.75) is 44.1 Å². The van der Waals surface area contributed by atoms with Crippen molar-refractivity contribution in [2.75, 3.05) is 13.1 Å². The standard InChI is InChI=1S/C12H19N/c1-2-13(1)12-6-9-3-10(7-12)5-11(4-9)8-12/h9-11H,1-8H2. The molecule has 0 aromatic carbocycles. The molecule has 0 unspecified atom stereocenters. The third kappa shape index (κ3) is 0.918. The molecule has 0 aromatic heterocycles. The Kier molecular flexibility index (Phi) is 1.19. The molecule has 1 saturated heterocycles. The van der Waals surface area contributed by atoms with Crippen LogP contribution in [0, 0.1) is 17.8 Å². The smallest absolute Gasteiger partial charge is 0.0218 e. The average molecular weight is 177 g/mol. The summed E-state index contributed by atoms with van der Waals surface area (Å²) in [5, 5.41) is 0. The quantitative estimate of drug-likeness (QED) is 0.555. The van der Waals surface area contributed by atoms with Crippen LogP contribution in [-0.2, 0) is 0 Å². The first kappa shape index (κ1) is 7.28. The SMILES string of the molecule is C1C2CC3CC1CC(N1CC1)(C2)C3. The monoisotopic (exact) mass is 177 g/mol. The zero-order chi connectivity index (χ0) is 8.47. The molecule has 4 saturated carbocycles. The van der Waals surface area contributed by atoms with Crippen LogP contribution in [0.3, 0.4) is 0 Å². The lowest BCUT2D eigenvalue weighted by Crippen LogP contribution is -2.54. The maximum absolute atomic E-state index is 2.79. The lowest BCUT2D eigenvalue weighted by atomic mass is 9.53. The summed E-state index contributed by atoms with van der Waals surface area (Å²) < 4.78 is 0. The van der Waals surface area contributed by atoms with Crippen molar-refractivity contribution in [3.8, 4) is 0 Å². The van der Waals surface area contributed by atoms with Crippen molar-refractivity contribution in [1.29, 1.82) is 0 Å². The third-order valence-corrected chi connectivity index (χ3v) is 5.12. The van der Waals surface area contributed by atoms with Crippen LogP contribution in [0.2, 0.25) is 0 Å². The maximum atomic E-state index is 2.79. The molecular formula is C12H19N. The fourth-order valence-electron chi connectivity index (χ4n) is 4.98. The Morgan fingerprint density at radius 3 is 1.62 bits per heavy atom. The van der Waals surface area contributed by atoms with Crippen LogP contribution in [-0.4, -0.2) is 23.5 Å². The van der Waals surface area contributed by atoms with Crippen LogP contribution in [0.4, 0.5) is 0 Å². The fraction of sp³-hybridized carbons (Fsp3) is 1.00. The Morgan fingerprint density at radius 1 is 0.769 bits per heavy atom. The first-order chi connectivity index (χ1) is 6.34. The summed E-state index contributed by atoms with van der Waals surface area (Å²) in [5.41, 5.74) is 0.745. The molecule has 0 N–H and O–H groups in total. The van der Waals surface area contributed by atoms with Gasteiger partial charge < -0.3 is 0 Å². The third-order valence-electron chi connectivity index (χ3n) is 5.12. The average Bonchev–Trinajstić information content (AvgIpc) is 2.81. The summed E-state index contributed by atoms with van der Waals surface area (Å²) in [6.07, 6.45) is 9.48. The molecule has 72 valence electrons. The summed E-state index contributed by atoms with van der Waals surface area (Å²) in [7, 11) is 0. The Hall–Kier alpha value is -0.0400. The second-order valence-electron chi connectivity index (χ2n) is 6.13. The van der Waals surface area contributed by atoms with Crippen molar-refractivity contribution >= 4 is 0 Å². The van der Waals surface area contributed by atoms with E-state index in [1.165, 1.54) is 13.1 Å². The number of nitrogens with zero attached hydrogens (tertiary/aromatic N) is 1. The van der Waals surface area contributed by atoms with Crippen molar-refractivity contribution in [3.05, 3.63) is 0 Å². The molecule has 0 radical (unpaired) electrons. The molecule has 0 spiro atoms. The van der Waals surface area contributed by atoms with E-state index < -0.39 is 0 Å². The Morgan fingerprint density at radius 2 is 1.23 bits per heavy atom. The van der Waals surface area contributed by atoms with Crippen LogP contribution < -0.4 is 0 Å². The van der Waals surface area contributed by atoms with Crippen molar-refractivity contribution in [3.63, 3.8) is 0 Å². The van der Waals surface area contributed by atoms with Gasteiger partial charge in [0.15, 0.2) is 0 Å². The summed E-state index contributed by atoms with van der Waals surface area (Å²) >= 11 is 0. The number of rotatable bonds is 1. The van der Waals surface area contributed by atoms with E-state index in [0.717, 1.165) is 23.3 Å². The van der Waals surface area contributed by atoms with Gasteiger partial charge in [-0.15, -0.1) is 0 Å². The van der Waals surface area contributed by atoms with Gasteiger partial charge in [0.05, 0.1) is 0 Å². The normalized spacial score (nSPS) is 58.6. The van der Waals surface area contributed by atoms with E-state index >= 15 is 0 Å². The molecule has 0 aromatic rings. The molecular weight excluding hydrogens is 158 g/mol. The van der Waals surface area contributed by atoms with E-state index in [4.69, 9.17) is 0 Å². The molecule has 5 fully saturated rings. The highest BCUT2D eigenvalue weighted by molar-refractivity contribution is 5.10. The van der Waals surface area contributed by atoms with Gasteiger partial charge in [0.2, 0.25) is 0 Å². The fourth-order valence-corrected chi connectivity index (χ4v) is 4.98. The van der Waals surface area contributed by atoms with E-state index in [1.54, 1.807) is 38.5 Å². The van der Waals surface area contributed by atoms with Crippen LogP contribution in [0.1, 0.15) is 38.5 Å². The number of hydrogen-bond acceptors (Lipinski definition) is 1. The second-order valence-corrected chi connectivity index (χ2v) is 6.13. The predicted molar refractivity (Wildman–Crippen MR) is 52.5 cm³/mol. The van der Waals surface area contributed by atoms with Crippen molar-refractivity contribution in [2.24, 2.45) is 17.8 Å². The molecule has 4 aliphatic carbocycles. The topological polar surface area (TPSA) is 3.01 Å². The van der Waals surface area contributed by atoms with Gasteiger partial charge in [-0.25, -0.2) is 0 Å². The molecule has 5 aliphatic rings. The zero-order valence-corrected chi connectivity index (χ0v) is 8.34. The Balaban J connectivity index is 1.71. The van der Waals surface area contributed by atoms with Gasteiger partial charge in [0.1, 0.15) is 0 Å². The number of hydrogen-bond donors (Lipinski definition) is 0. The highest BCUT2D eigenvalue weighted by Crippen LogP contribution is 2.58. The zero-order valence-electron chi connectivity index (χ0n) is 8.34. The summed E-state index contributed by atoms with van der Waals surface area (Å²) in [6, 6.07) is 0. The maximum Gasteiger partial charge on any atom is 0.0218 e. The summed E-state index contributed by atoms with van der Waals surface area (Å²) in [5.74, 6) is 3.39. The van der Waals surface area contributed by atoms with Gasteiger partial charge in [0.25, 0.3) is 0 Å². The van der Waals surface area contributed by atoms with E-state index in [0.29, 0.717) is 0 Å². The molecule has 1 heterocycles. The Bertz CT molecular complexity index is 206. The van der Waals surface area contributed by atoms with Crippen LogP contribution >= 0.6 is 0 Å². The van der Waals surface area contributed by atoms with Crippen molar-refractivity contribution < 1.29 is 0 Å². The van der Waals surface area contributed by atoms with Crippen LogP contribution in [0.15, 0.2) is 0 Å². The molecule has 5 rings (SSSR count). The predicted octanol–water partition coefficient (Wildman–Crippen LogP) is 2.27. The molecule has 4 bridgehead atoms. The minimum Gasteiger partial charge on any atom is -0.295 e. The first-order valence-electron chi connectivity index (χ1n) is 6.09. The van der Waals surface area contributed by atoms with E-state index in [2.05, 4.69) is 4.90 Å². The van der Waals surface area contributed by atoms with Gasteiger partial charge in [-0.05, 0) is 56.3 Å². The van der Waals surface area contributed by atoms with Gasteiger partial charge >= 0.3 is 0 Å². The summed E-state index contributed by atoms with van der Waals surface area (Å²) in [6.45, 7) is 2.85. The lowest BCUT2D eigenvalue weighted by molar-refractivity contribution is -0.0493. The molecule has 0 atom stereocenters. The second kappa shape index (κ2) is 2.13. The van der Waals surface area contributed by atoms with E-state index in [-0.39, 0.29) is 0 Å². The molecule has 1 aliphatic heterocycles. The van der Waals surface area contributed by atoms with Gasteiger partial charge in [-0.1, -0.05) is 0 Å². The first-order valence-corrected chi connectivity index (χ1v) is 6.09. The lowest BCUT2D eigenvalue weighted by Gasteiger charge is -2.57. The van der Waals surface area contributed by atoms with Crippen molar-refractivity contribution in [1.82, 2.24) is 4.90 Å². The van der Waals surface area contributed by atoms with E-state index in [9.17, 15) is 0 Å². The highest BCUT2D eigenvalue weighted by Gasteiger charge is 2.55. The van der Waals surface area contributed by atoms with Gasteiger partial charge in [-0.2, -0.15) is 0 Å². The van der Waals surface area contributed by atoms with E-state index in [1.807, 2.05) is 0 Å². The summed E-state index contributed by atoms with van der Waals surface area (Å²) in [4.78, 5) is 2.79. The van der Waals surface area contributed by atoms with Crippen LogP contribution in [0.5, 0.6) is 0 Å². The molecule has 1 heteroatoms. The van der Waals surface area contributed by atoms with Gasteiger partial charge in [-0.3, -0.25) is 4.90 Å². The molecule has 1 nitrogen and oxygen atoms in total. The minimum atomic E-state index is 0.745. The largest absolute Gasteiger partial charge is 0.295 e. The highest BCUT2D eigenvalue weighted by atomic mass is 15.3. The Labute approximate surface area is 80.5 Å². The molecule has 0 amide bonds. The van der Waals surface area contributed by atoms with Crippen LogP contribution in [0.25, 0.3) is 0 Å². The minimum absolute atomic E-state index is 0.745. The van der Waals surface area contributed by atoms with Gasteiger partial charge in [0, 0.05) is 18.6 Å².